The highest BCUT2D eigenvalue weighted by Gasteiger charge is 2.11. The summed E-state index contributed by atoms with van der Waals surface area (Å²) in [6.07, 6.45) is 3.55. The highest BCUT2D eigenvalue weighted by Crippen LogP contribution is 2.23. The highest BCUT2D eigenvalue weighted by atomic mass is 16.5. The van der Waals surface area contributed by atoms with Crippen LogP contribution in [0.4, 0.5) is 11.5 Å². The maximum absolute atomic E-state index is 6.82. The third-order valence-corrected chi connectivity index (χ3v) is 4.89. The smallest absolute Gasteiger partial charge is 0.217 e. The summed E-state index contributed by atoms with van der Waals surface area (Å²) in [5.74, 6) is 1.13. The molecule has 0 saturated carbocycles. The molecule has 184 valence electrons. The number of nitrogens with one attached hydrogen (secondary N) is 1. The average Bonchev–Trinajstić information content (AvgIpc) is 2.86. The fraction of sp³-hybridized carbons (Fsp3) is 0.538. The van der Waals surface area contributed by atoms with Gasteiger partial charge in [0, 0.05) is 56.8 Å². The first-order valence-electron chi connectivity index (χ1n) is 12.2. The van der Waals surface area contributed by atoms with Gasteiger partial charge in [-0.15, -0.1) is 0 Å². The molecular weight excluding hydrogens is 414 g/mol. The van der Waals surface area contributed by atoms with Crippen molar-refractivity contribution in [2.45, 2.75) is 40.5 Å². The van der Waals surface area contributed by atoms with Crippen LogP contribution in [0.15, 0.2) is 42.5 Å². The van der Waals surface area contributed by atoms with Crippen molar-refractivity contribution >= 4 is 17.7 Å². The number of rotatable bonds is 10. The number of hydrogen-bond acceptors (Lipinski definition) is 7. The Morgan fingerprint density at radius 3 is 2.27 bits per heavy atom. The first-order valence-corrected chi connectivity index (χ1v) is 12.2. The fourth-order valence-corrected chi connectivity index (χ4v) is 3.33. The molecule has 0 unspecified atom stereocenters. The predicted octanol–water partition coefficient (Wildman–Crippen LogP) is 4.71. The van der Waals surface area contributed by atoms with Gasteiger partial charge in [0.05, 0.1) is 13.2 Å². The zero-order valence-electron chi connectivity index (χ0n) is 20.9. The molecule has 3 rings (SSSR count). The van der Waals surface area contributed by atoms with Crippen molar-refractivity contribution in [3.8, 4) is 5.88 Å². The maximum Gasteiger partial charge on any atom is 0.217 e. The molecule has 7 nitrogen and oxygen atoms in total. The van der Waals surface area contributed by atoms with Crippen LogP contribution in [0.1, 0.15) is 46.1 Å². The number of pyridine rings is 1. The van der Waals surface area contributed by atoms with E-state index in [4.69, 9.17) is 20.6 Å². The molecule has 0 aliphatic carbocycles. The molecule has 1 aromatic carbocycles. The third kappa shape index (κ3) is 11.7. The van der Waals surface area contributed by atoms with E-state index in [9.17, 15) is 0 Å². The van der Waals surface area contributed by atoms with Gasteiger partial charge in [0.1, 0.15) is 12.4 Å². The van der Waals surface area contributed by atoms with Gasteiger partial charge in [-0.25, -0.2) is 0 Å². The molecule has 33 heavy (non-hydrogen) atoms. The summed E-state index contributed by atoms with van der Waals surface area (Å²) in [6, 6.07) is 13.5. The number of hydrogen-bond donors (Lipinski definition) is 2. The molecule has 1 aromatic heterocycles. The van der Waals surface area contributed by atoms with E-state index in [-0.39, 0.29) is 0 Å². The van der Waals surface area contributed by atoms with Gasteiger partial charge in [-0.2, -0.15) is 4.98 Å². The van der Waals surface area contributed by atoms with Crippen molar-refractivity contribution < 1.29 is 9.47 Å². The molecule has 1 saturated heterocycles. The lowest BCUT2D eigenvalue weighted by Crippen LogP contribution is -2.38. The van der Waals surface area contributed by atoms with Crippen LogP contribution in [-0.4, -0.2) is 68.6 Å². The van der Waals surface area contributed by atoms with Gasteiger partial charge in [-0.1, -0.05) is 58.0 Å². The normalized spacial score (nSPS) is 13.1. The minimum atomic E-state index is 0.515. The number of nitrogens with two attached hydrogens (primary N) is 1. The summed E-state index contributed by atoms with van der Waals surface area (Å²) in [4.78, 5) is 8.99. The fourth-order valence-electron chi connectivity index (χ4n) is 3.33. The van der Waals surface area contributed by atoms with Gasteiger partial charge in [0.2, 0.25) is 5.88 Å². The number of benzene rings is 1. The highest BCUT2D eigenvalue weighted by molar-refractivity contribution is 5.76. The second kappa shape index (κ2) is 17.9. The number of ether oxygens (including phenoxy) is 2. The molecule has 0 amide bonds. The van der Waals surface area contributed by atoms with E-state index in [0.29, 0.717) is 18.3 Å². The Morgan fingerprint density at radius 1 is 1.09 bits per heavy atom. The Hall–Kier alpha value is -2.64. The molecule has 2 heterocycles. The van der Waals surface area contributed by atoms with Gasteiger partial charge >= 0.3 is 0 Å². The molecule has 1 aliphatic rings. The third-order valence-electron chi connectivity index (χ3n) is 4.89. The largest absolute Gasteiger partial charge is 0.476 e. The molecular formula is C26H43N5O2. The zero-order chi connectivity index (χ0) is 24.3. The lowest BCUT2D eigenvalue weighted by atomic mass is 10.2. The van der Waals surface area contributed by atoms with Gasteiger partial charge < -0.3 is 25.5 Å². The Bertz CT molecular complexity index is 746. The van der Waals surface area contributed by atoms with Crippen molar-refractivity contribution in [1.29, 1.82) is 5.41 Å². The number of aromatic nitrogens is 1. The second-order valence-electron chi connectivity index (χ2n) is 7.43. The zero-order valence-corrected chi connectivity index (χ0v) is 20.9. The molecule has 3 N–H and O–H groups in total. The van der Waals surface area contributed by atoms with E-state index in [2.05, 4.69) is 28.6 Å². The molecule has 2 aromatic rings. The number of anilines is 2. The summed E-state index contributed by atoms with van der Waals surface area (Å²) >= 11 is 0. The SMILES string of the molecule is CC.CCCN(CCC)c1cc(N)nc(OCCN2CCOCC2)c1.N=Cc1ccccc1. The van der Waals surface area contributed by atoms with Crippen molar-refractivity contribution in [2.75, 3.05) is 63.2 Å². The molecule has 0 radical (unpaired) electrons. The van der Waals surface area contributed by atoms with E-state index >= 15 is 0 Å². The Morgan fingerprint density at radius 2 is 1.73 bits per heavy atom. The Balaban J connectivity index is 0.000000454. The van der Waals surface area contributed by atoms with Crippen molar-refractivity contribution in [3.63, 3.8) is 0 Å². The summed E-state index contributed by atoms with van der Waals surface area (Å²) in [7, 11) is 0. The summed E-state index contributed by atoms with van der Waals surface area (Å²) in [6.45, 7) is 15.5. The minimum Gasteiger partial charge on any atom is -0.476 e. The van der Waals surface area contributed by atoms with Gasteiger partial charge in [0.15, 0.2) is 0 Å². The Kier molecular flexibility index (Phi) is 15.4. The summed E-state index contributed by atoms with van der Waals surface area (Å²) in [5.41, 5.74) is 8.01. The summed E-state index contributed by atoms with van der Waals surface area (Å²) in [5, 5.41) is 6.82. The number of nitrogens with zero attached hydrogens (tertiary/aromatic N) is 3. The number of nitrogen functional groups attached to an aromatic ring is 1. The molecule has 0 spiro atoms. The quantitative estimate of drug-likeness (QED) is 0.502. The average molecular weight is 458 g/mol. The van der Waals surface area contributed by atoms with Crippen LogP contribution >= 0.6 is 0 Å². The first kappa shape index (κ1) is 28.4. The van der Waals surface area contributed by atoms with E-state index in [1.54, 1.807) is 0 Å². The molecule has 1 fully saturated rings. The maximum atomic E-state index is 6.82. The van der Waals surface area contributed by atoms with Crippen LogP contribution in [0.25, 0.3) is 0 Å². The molecule has 0 atom stereocenters. The first-order chi connectivity index (χ1) is 16.2. The van der Waals surface area contributed by atoms with E-state index in [1.807, 2.05) is 56.3 Å². The van der Waals surface area contributed by atoms with Gasteiger partial charge in [0.25, 0.3) is 0 Å². The minimum absolute atomic E-state index is 0.515. The van der Waals surface area contributed by atoms with Crippen LogP contribution in [-0.2, 0) is 4.74 Å². The molecule has 7 heteroatoms. The lowest BCUT2D eigenvalue weighted by molar-refractivity contribution is 0.0320. The van der Waals surface area contributed by atoms with Crippen LogP contribution in [0.3, 0.4) is 0 Å². The Labute approximate surface area is 200 Å². The van der Waals surface area contributed by atoms with E-state index in [0.717, 1.165) is 70.0 Å². The van der Waals surface area contributed by atoms with E-state index < -0.39 is 0 Å². The van der Waals surface area contributed by atoms with Crippen molar-refractivity contribution in [3.05, 3.63) is 48.0 Å². The van der Waals surface area contributed by atoms with Gasteiger partial charge in [-0.3, -0.25) is 4.90 Å². The molecule has 1 aliphatic heterocycles. The van der Waals surface area contributed by atoms with Crippen LogP contribution < -0.4 is 15.4 Å². The lowest BCUT2D eigenvalue weighted by Gasteiger charge is -2.26. The van der Waals surface area contributed by atoms with Crippen molar-refractivity contribution in [1.82, 2.24) is 9.88 Å². The van der Waals surface area contributed by atoms with Gasteiger partial charge in [-0.05, 0) is 18.4 Å². The second-order valence-corrected chi connectivity index (χ2v) is 7.43. The standard InChI is InChI=1S/C17H30N4O2.C7H7N.C2H6/c1-3-5-21(6-4-2)15-13-16(18)19-17(14-15)23-12-9-20-7-10-22-11-8-20;8-6-7-4-2-1-3-5-7;1-2/h13-14H,3-12H2,1-2H3,(H2,18,19);1-6,8H;1-2H3. The van der Waals surface area contributed by atoms with E-state index in [1.165, 1.54) is 6.21 Å². The number of morpholine rings is 1. The monoisotopic (exact) mass is 457 g/mol. The van der Waals surface area contributed by atoms with Crippen molar-refractivity contribution in [2.24, 2.45) is 0 Å². The predicted molar refractivity (Wildman–Crippen MR) is 140 cm³/mol. The summed E-state index contributed by atoms with van der Waals surface area (Å²) < 4.78 is 11.2. The van der Waals surface area contributed by atoms with Crippen LogP contribution in [0, 0.1) is 5.41 Å². The molecule has 0 bridgehead atoms. The van der Waals surface area contributed by atoms with Crippen LogP contribution in [0.2, 0.25) is 0 Å². The topological polar surface area (TPSA) is 87.7 Å². The van der Waals surface area contributed by atoms with Crippen LogP contribution in [0.5, 0.6) is 5.88 Å².